The smallest absolute Gasteiger partial charge is 0.416 e. The van der Waals surface area contributed by atoms with Crippen LogP contribution >= 0.6 is 0 Å². The number of rotatable bonds is 2. The van der Waals surface area contributed by atoms with Crippen LogP contribution in [-0.4, -0.2) is 29.7 Å². The summed E-state index contributed by atoms with van der Waals surface area (Å²) in [6, 6.07) is 2.51. The van der Waals surface area contributed by atoms with E-state index in [1.807, 2.05) is 6.07 Å². The number of hydrogen-bond acceptors (Lipinski definition) is 3. The number of hydrogen-bond donors (Lipinski definition) is 0. The number of piperidine rings is 1. The van der Waals surface area contributed by atoms with Gasteiger partial charge in [-0.05, 0) is 52.2 Å². The fraction of sp³-hybridized carbons (Fsp3) is 0.579. The molecule has 28 heavy (non-hydrogen) atoms. The van der Waals surface area contributed by atoms with Crippen molar-refractivity contribution in [3.05, 3.63) is 34.9 Å². The number of alkyl halides is 3. The van der Waals surface area contributed by atoms with Gasteiger partial charge in [-0.2, -0.15) is 18.4 Å². The van der Waals surface area contributed by atoms with Gasteiger partial charge in [-0.15, -0.1) is 0 Å². The van der Waals surface area contributed by atoms with Crippen molar-refractivity contribution in [1.82, 2.24) is 4.90 Å². The minimum absolute atomic E-state index is 0.128. The third-order valence-corrected chi connectivity index (χ3v) is 4.59. The van der Waals surface area contributed by atoms with E-state index in [0.717, 1.165) is 0 Å². The highest BCUT2D eigenvalue weighted by Gasteiger charge is 2.40. The Morgan fingerprint density at radius 2 is 1.68 bits per heavy atom. The number of likely N-dealkylation sites (tertiary alicyclic amines) is 1. The average molecular weight is 404 g/mol. The highest BCUT2D eigenvalue weighted by molar-refractivity contribution is 5.68. The summed E-state index contributed by atoms with van der Waals surface area (Å²) in [6.45, 7) is 5.43. The predicted molar refractivity (Wildman–Crippen MR) is 90.2 cm³/mol. The maximum Gasteiger partial charge on any atom is 0.416 e. The van der Waals surface area contributed by atoms with Crippen LogP contribution in [-0.2, 0) is 17.3 Å². The Kier molecular flexibility index (Phi) is 5.93. The van der Waals surface area contributed by atoms with Gasteiger partial charge in [-0.25, -0.2) is 13.6 Å². The first kappa shape index (κ1) is 21.9. The molecule has 0 bridgehead atoms. The zero-order valence-corrected chi connectivity index (χ0v) is 15.8. The molecule has 154 valence electrons. The average Bonchev–Trinajstić information content (AvgIpc) is 2.56. The summed E-state index contributed by atoms with van der Waals surface area (Å²) >= 11 is 0. The van der Waals surface area contributed by atoms with Gasteiger partial charge >= 0.3 is 12.3 Å². The Balaban J connectivity index is 2.16. The zero-order chi connectivity index (χ0) is 21.3. The lowest BCUT2D eigenvalue weighted by Crippen LogP contribution is -2.45. The van der Waals surface area contributed by atoms with Gasteiger partial charge < -0.3 is 9.64 Å². The normalized spacial score (nSPS) is 17.2. The summed E-state index contributed by atoms with van der Waals surface area (Å²) in [5.41, 5.74) is -3.84. The molecule has 1 fully saturated rings. The van der Waals surface area contributed by atoms with Crippen molar-refractivity contribution < 1.29 is 31.5 Å². The van der Waals surface area contributed by atoms with Gasteiger partial charge in [0, 0.05) is 18.7 Å². The Labute approximate surface area is 159 Å². The molecular formula is C19H21F5N2O2. The number of halogens is 5. The van der Waals surface area contributed by atoms with Crippen LogP contribution in [0, 0.1) is 28.4 Å². The Morgan fingerprint density at radius 1 is 1.18 bits per heavy atom. The molecule has 0 atom stereocenters. The molecule has 0 saturated carbocycles. The second-order valence-corrected chi connectivity index (χ2v) is 7.95. The molecule has 0 aromatic heterocycles. The number of benzene rings is 1. The summed E-state index contributed by atoms with van der Waals surface area (Å²) in [4.78, 5) is 13.5. The number of ether oxygens (including phenoxy) is 1. The molecule has 4 nitrogen and oxygen atoms in total. The van der Waals surface area contributed by atoms with Crippen molar-refractivity contribution in [3.63, 3.8) is 0 Å². The molecule has 1 aromatic carbocycles. The van der Waals surface area contributed by atoms with Gasteiger partial charge in [-0.1, -0.05) is 0 Å². The molecule has 0 unspecified atom stereocenters. The zero-order valence-electron chi connectivity index (χ0n) is 15.8. The van der Waals surface area contributed by atoms with Crippen molar-refractivity contribution in [2.24, 2.45) is 5.41 Å². The molecule has 0 spiro atoms. The molecule has 1 amide bonds. The van der Waals surface area contributed by atoms with E-state index in [1.165, 1.54) is 4.90 Å². The van der Waals surface area contributed by atoms with E-state index in [9.17, 15) is 32.0 Å². The number of carbonyl (C=O) groups excluding carboxylic acids is 1. The first-order valence-corrected chi connectivity index (χ1v) is 8.71. The highest BCUT2D eigenvalue weighted by atomic mass is 19.4. The van der Waals surface area contributed by atoms with Gasteiger partial charge in [0.2, 0.25) is 0 Å². The van der Waals surface area contributed by atoms with E-state index in [0.29, 0.717) is 0 Å². The molecule has 2 rings (SSSR count). The van der Waals surface area contributed by atoms with Crippen LogP contribution in [0.4, 0.5) is 26.7 Å². The largest absolute Gasteiger partial charge is 0.444 e. The molecule has 1 aromatic rings. The Bertz CT molecular complexity index is 762. The highest BCUT2D eigenvalue weighted by Crippen LogP contribution is 2.38. The summed E-state index contributed by atoms with van der Waals surface area (Å²) in [6.07, 6.45) is -5.54. The first-order chi connectivity index (χ1) is 12.8. The summed E-state index contributed by atoms with van der Waals surface area (Å²) in [7, 11) is 0. The van der Waals surface area contributed by atoms with Crippen molar-refractivity contribution in [2.45, 2.75) is 51.8 Å². The van der Waals surface area contributed by atoms with Crippen LogP contribution in [0.2, 0.25) is 0 Å². The molecule has 0 aliphatic carbocycles. The van der Waals surface area contributed by atoms with Crippen LogP contribution < -0.4 is 0 Å². The second kappa shape index (κ2) is 7.57. The van der Waals surface area contributed by atoms with E-state index in [4.69, 9.17) is 4.74 Å². The van der Waals surface area contributed by atoms with E-state index < -0.39 is 46.0 Å². The molecular weight excluding hydrogens is 383 g/mol. The maximum absolute atomic E-state index is 14.2. The maximum atomic E-state index is 14.2. The van der Waals surface area contributed by atoms with Gasteiger partial charge in [0.1, 0.15) is 17.2 Å². The van der Waals surface area contributed by atoms with Gasteiger partial charge in [-0.3, -0.25) is 0 Å². The van der Waals surface area contributed by atoms with Crippen molar-refractivity contribution >= 4 is 6.09 Å². The minimum Gasteiger partial charge on any atom is -0.444 e. The van der Waals surface area contributed by atoms with E-state index in [1.54, 1.807) is 20.8 Å². The van der Waals surface area contributed by atoms with E-state index in [-0.39, 0.29) is 44.5 Å². The van der Waals surface area contributed by atoms with Crippen LogP contribution in [0.15, 0.2) is 12.1 Å². The van der Waals surface area contributed by atoms with Gasteiger partial charge in [0.25, 0.3) is 0 Å². The van der Waals surface area contributed by atoms with Gasteiger partial charge in [0.05, 0.1) is 17.0 Å². The fourth-order valence-electron chi connectivity index (χ4n) is 3.05. The summed E-state index contributed by atoms with van der Waals surface area (Å²) in [5.74, 6) is -2.67. The molecule has 0 radical (unpaired) electrons. The number of nitrogens with zero attached hydrogens (tertiary/aromatic N) is 2. The first-order valence-electron chi connectivity index (χ1n) is 8.71. The molecule has 1 aliphatic rings. The van der Waals surface area contributed by atoms with Crippen LogP contribution in [0.3, 0.4) is 0 Å². The van der Waals surface area contributed by atoms with Crippen molar-refractivity contribution in [3.8, 4) is 6.07 Å². The summed E-state index contributed by atoms with van der Waals surface area (Å²) < 4.78 is 71.6. The number of nitriles is 1. The number of carbonyl (C=O) groups is 1. The lowest BCUT2D eigenvalue weighted by Gasteiger charge is -2.38. The number of amides is 1. The van der Waals surface area contributed by atoms with Crippen LogP contribution in [0.1, 0.15) is 44.7 Å². The van der Waals surface area contributed by atoms with Crippen LogP contribution in [0.25, 0.3) is 0 Å². The summed E-state index contributed by atoms with van der Waals surface area (Å²) in [5, 5.41) is 9.57. The quantitative estimate of drug-likeness (QED) is 0.647. The molecule has 9 heteroatoms. The van der Waals surface area contributed by atoms with Crippen LogP contribution in [0.5, 0.6) is 0 Å². The van der Waals surface area contributed by atoms with Gasteiger partial charge in [0.15, 0.2) is 0 Å². The van der Waals surface area contributed by atoms with Crippen molar-refractivity contribution in [1.29, 1.82) is 5.26 Å². The molecule has 1 saturated heterocycles. The Morgan fingerprint density at radius 3 is 2.07 bits per heavy atom. The lowest BCUT2D eigenvalue weighted by molar-refractivity contribution is -0.138. The van der Waals surface area contributed by atoms with Crippen molar-refractivity contribution in [2.75, 3.05) is 13.1 Å². The Hall–Kier alpha value is -2.37. The topological polar surface area (TPSA) is 53.3 Å². The van der Waals surface area contributed by atoms with E-state index >= 15 is 0 Å². The lowest BCUT2D eigenvalue weighted by atomic mass is 9.75. The minimum atomic E-state index is -4.87. The second-order valence-electron chi connectivity index (χ2n) is 7.95. The third kappa shape index (κ3) is 5.12. The molecule has 1 heterocycles. The molecule has 1 aliphatic heterocycles. The molecule has 0 N–H and O–H groups in total. The monoisotopic (exact) mass is 404 g/mol. The third-order valence-electron chi connectivity index (χ3n) is 4.59. The van der Waals surface area contributed by atoms with E-state index in [2.05, 4.69) is 0 Å². The predicted octanol–water partition coefficient (Wildman–Crippen LogP) is 5.07. The fourth-order valence-corrected chi connectivity index (χ4v) is 3.05. The SMILES string of the molecule is CC(C)(C)OC(=O)N1CCC(C#N)(Cc2c(F)cc(C(F)(F)F)cc2F)CC1. The standard InChI is InChI=1S/C19H21F5N2O2/c1-17(2,3)28-16(27)26-6-4-18(11-25,5-7-26)10-13-14(20)8-12(9-15(13)21)19(22,23)24/h8-9H,4-7,10H2,1-3H3.